The fourth-order valence-electron chi connectivity index (χ4n) is 9.10. The monoisotopic (exact) mass is 911 g/mol. The first kappa shape index (κ1) is 46.9. The number of urea groups is 1. The maximum absolute atomic E-state index is 15.3. The number of thiazole rings is 1. The number of aliphatic carboxylic acids is 1. The predicted octanol–water partition coefficient (Wildman–Crippen LogP) is 7.37. The summed E-state index contributed by atoms with van der Waals surface area (Å²) in [6.07, 6.45) is 4.62. The first-order valence-electron chi connectivity index (χ1n) is 22.2. The number of carboxylic acids is 1. The molecule has 2 aromatic carbocycles. The summed E-state index contributed by atoms with van der Waals surface area (Å²) >= 11 is 1.44. The second-order valence-corrected chi connectivity index (χ2v) is 19.2. The predicted molar refractivity (Wildman–Crippen MR) is 246 cm³/mol. The molecule has 2 saturated carbocycles. The van der Waals surface area contributed by atoms with Crippen molar-refractivity contribution in [1.29, 1.82) is 0 Å². The molecule has 346 valence electrons. The number of pyridine rings is 1. The molecule has 15 nitrogen and oxygen atoms in total. The number of anilines is 1. The molecule has 5 N–H and O–H groups in total. The number of hydrogen-bond donors (Lipinski definition) is 5. The third-order valence-electron chi connectivity index (χ3n) is 12.9. The molecule has 3 heterocycles. The maximum atomic E-state index is 15.3. The van der Waals surface area contributed by atoms with Crippen LogP contribution >= 0.6 is 11.3 Å². The van der Waals surface area contributed by atoms with Gasteiger partial charge in [0.05, 0.1) is 30.9 Å². The minimum absolute atomic E-state index is 0.00227. The van der Waals surface area contributed by atoms with Crippen LogP contribution < -0.4 is 30.7 Å². The number of ether oxygens (including phenoxy) is 2. The zero-order valence-electron chi connectivity index (χ0n) is 37.6. The first-order valence-corrected chi connectivity index (χ1v) is 23.1. The quantitative estimate of drug-likeness (QED) is 0.0524. The highest BCUT2D eigenvalue weighted by Gasteiger charge is 2.61. The largest absolute Gasteiger partial charge is 0.497 e. The zero-order valence-corrected chi connectivity index (χ0v) is 38.4. The molecule has 2 aliphatic carbocycles. The van der Waals surface area contributed by atoms with Crippen LogP contribution in [-0.2, 0) is 14.4 Å². The molecule has 0 radical (unpaired) electrons. The van der Waals surface area contributed by atoms with E-state index in [-0.39, 0.29) is 36.9 Å². The Labute approximate surface area is 382 Å². The number of halogens is 1. The van der Waals surface area contributed by atoms with E-state index >= 15 is 4.79 Å². The summed E-state index contributed by atoms with van der Waals surface area (Å²) in [4.78, 5) is 81.2. The number of carbonyl (C=O) groups is 5. The summed E-state index contributed by atoms with van der Waals surface area (Å²) in [7, 11) is 1.56. The number of carboxylic acid groups (broad SMARTS) is 1. The Morgan fingerprint density at radius 3 is 2.34 bits per heavy atom. The van der Waals surface area contributed by atoms with Crippen LogP contribution in [0.5, 0.6) is 11.5 Å². The van der Waals surface area contributed by atoms with Crippen LogP contribution in [0.1, 0.15) is 89.9 Å². The molecule has 0 bridgehead atoms. The summed E-state index contributed by atoms with van der Waals surface area (Å²) in [5, 5.41) is 25.3. The van der Waals surface area contributed by atoms with Gasteiger partial charge in [-0.1, -0.05) is 46.1 Å². The number of aromatic nitrogens is 2. The third kappa shape index (κ3) is 10.1. The van der Waals surface area contributed by atoms with Gasteiger partial charge < -0.3 is 40.7 Å². The van der Waals surface area contributed by atoms with Crippen LogP contribution in [0.4, 0.5) is 14.3 Å². The lowest BCUT2D eigenvalue weighted by molar-refractivity contribution is -0.146. The van der Waals surface area contributed by atoms with Crippen molar-refractivity contribution in [2.45, 2.75) is 115 Å². The number of benzene rings is 2. The van der Waals surface area contributed by atoms with Crippen LogP contribution in [0, 0.1) is 23.1 Å². The molecule has 4 aromatic rings. The minimum atomic E-state index is -1.58. The molecule has 17 heteroatoms. The van der Waals surface area contributed by atoms with E-state index in [9.17, 15) is 28.7 Å². The summed E-state index contributed by atoms with van der Waals surface area (Å²) in [5.41, 5.74) is -0.404. The number of methoxy groups -OCH3 is 1. The Morgan fingerprint density at radius 1 is 0.985 bits per heavy atom. The molecular weight excluding hydrogens is 854 g/mol. The van der Waals surface area contributed by atoms with E-state index in [4.69, 9.17) is 19.4 Å². The number of amides is 4. The molecule has 7 rings (SSSR count). The van der Waals surface area contributed by atoms with E-state index < -0.39 is 76.5 Å². The van der Waals surface area contributed by atoms with Crippen molar-refractivity contribution in [3.63, 3.8) is 0 Å². The van der Waals surface area contributed by atoms with E-state index in [2.05, 4.69) is 27.8 Å². The highest BCUT2D eigenvalue weighted by atomic mass is 32.1. The molecule has 1 aliphatic heterocycles. The lowest BCUT2D eigenvalue weighted by Gasteiger charge is -2.42. The summed E-state index contributed by atoms with van der Waals surface area (Å²) < 4.78 is 26.1. The molecule has 1 saturated heterocycles. The average Bonchev–Trinajstić information content (AvgIpc) is 3.54. The minimum Gasteiger partial charge on any atom is -0.497 e. The Bertz CT molecular complexity index is 2450. The molecule has 65 heavy (non-hydrogen) atoms. The number of hydrogen-bond acceptors (Lipinski definition) is 11. The van der Waals surface area contributed by atoms with Gasteiger partial charge in [0.1, 0.15) is 46.7 Å². The van der Waals surface area contributed by atoms with Crippen LogP contribution in [0.15, 0.2) is 66.6 Å². The fourth-order valence-corrected chi connectivity index (χ4v) is 9.95. The van der Waals surface area contributed by atoms with Crippen LogP contribution in [-0.4, -0.2) is 99.0 Å². The average molecular weight is 912 g/mol. The van der Waals surface area contributed by atoms with Gasteiger partial charge in [0.25, 0.3) is 0 Å². The SMILES string of the molecule is C=CC1C[C@]1(NC(=O)[C@@H]1C[C@@H](Oc2cc(-c3csc(NC(C)C)n3)nc3cc(OC)ccc23)CN1C(=O)[C@@H](NC(=O)N[C@H](C(=O)c1ccc(F)cc1)C(C)C)C1(C)CCCCC1)C(=O)O. The number of nitrogens with zero attached hydrogens (tertiary/aromatic N) is 3. The van der Waals surface area contributed by atoms with E-state index in [1.165, 1.54) is 46.6 Å². The smallest absolute Gasteiger partial charge is 0.330 e. The second kappa shape index (κ2) is 19.2. The zero-order chi connectivity index (χ0) is 46.8. The van der Waals surface area contributed by atoms with Gasteiger partial charge in [-0.25, -0.2) is 23.9 Å². The number of nitrogens with one attached hydrogen (secondary N) is 4. The van der Waals surface area contributed by atoms with Gasteiger partial charge in [-0.05, 0) is 80.8 Å². The second-order valence-electron chi connectivity index (χ2n) is 18.4. The molecule has 2 aromatic heterocycles. The van der Waals surface area contributed by atoms with Crippen molar-refractivity contribution in [3.8, 4) is 22.9 Å². The molecule has 3 fully saturated rings. The summed E-state index contributed by atoms with van der Waals surface area (Å²) in [6.45, 7) is 13.2. The number of rotatable bonds is 17. The highest BCUT2D eigenvalue weighted by Crippen LogP contribution is 2.46. The number of fused-ring (bicyclic) bond motifs is 1. The van der Waals surface area contributed by atoms with Gasteiger partial charge in [-0.2, -0.15) is 0 Å². The van der Waals surface area contributed by atoms with Gasteiger partial charge in [0.2, 0.25) is 11.8 Å². The van der Waals surface area contributed by atoms with E-state index in [0.717, 1.165) is 24.4 Å². The van der Waals surface area contributed by atoms with Crippen molar-refractivity contribution < 1.29 is 42.9 Å². The lowest BCUT2D eigenvalue weighted by atomic mass is 9.70. The number of Topliss-reactive ketones (excluding diaryl/α,β-unsaturated/α-hetero) is 1. The van der Waals surface area contributed by atoms with Crippen LogP contribution in [0.2, 0.25) is 0 Å². The number of likely N-dealkylation sites (tertiary alicyclic amines) is 1. The number of ketones is 1. The van der Waals surface area contributed by atoms with Gasteiger partial charge in [-0.15, -0.1) is 17.9 Å². The van der Waals surface area contributed by atoms with Gasteiger partial charge in [0, 0.05) is 46.8 Å². The topological polar surface area (TPSA) is 201 Å². The molecule has 6 atom stereocenters. The van der Waals surface area contributed by atoms with Gasteiger partial charge in [-0.3, -0.25) is 14.4 Å². The summed E-state index contributed by atoms with van der Waals surface area (Å²) in [6, 6.07) is 8.29. The maximum Gasteiger partial charge on any atom is 0.330 e. The molecule has 0 spiro atoms. The Hall–Kier alpha value is -6.10. The van der Waals surface area contributed by atoms with Crippen molar-refractivity contribution in [2.75, 3.05) is 19.0 Å². The van der Waals surface area contributed by atoms with Crippen LogP contribution in [0.3, 0.4) is 0 Å². The fraction of sp³-hybridized carbons (Fsp3) is 0.479. The normalized spacial score (nSPS) is 22.2. The van der Waals surface area contributed by atoms with Crippen molar-refractivity contribution in [1.82, 2.24) is 30.8 Å². The Balaban J connectivity index is 1.22. The Kier molecular flexibility index (Phi) is 13.8. The lowest BCUT2D eigenvalue weighted by Crippen LogP contribution is -2.62. The highest BCUT2D eigenvalue weighted by molar-refractivity contribution is 7.14. The number of carbonyl (C=O) groups excluding carboxylic acids is 4. The molecular formula is C48H58FN7O8S. The van der Waals surface area contributed by atoms with Crippen molar-refractivity contribution >= 4 is 57.0 Å². The molecule has 4 amide bonds. The van der Waals surface area contributed by atoms with E-state index in [1.807, 2.05) is 32.2 Å². The first-order chi connectivity index (χ1) is 30.9. The van der Waals surface area contributed by atoms with E-state index in [1.54, 1.807) is 39.2 Å². The molecule has 3 aliphatic rings. The van der Waals surface area contributed by atoms with Gasteiger partial charge >= 0.3 is 12.0 Å². The Morgan fingerprint density at radius 2 is 1.71 bits per heavy atom. The van der Waals surface area contributed by atoms with Crippen molar-refractivity contribution in [2.24, 2.45) is 17.3 Å². The standard InChI is InChI=1S/C48H58FN7O8S/c1-8-29-23-48(29,44(60)61)55-42(58)37-21-32(64-38-22-35(36-25-65-46(52-36)50-27(4)5)51-34-20-31(63-7)16-17-33(34)38)24-56(37)43(59)41(47(6)18-10-9-11-19-47)54-45(62)53-39(26(2)3)40(57)28-12-14-30(49)15-13-28/h8,12-17,20,22,25-27,29,32,37,39,41H,1,9-11,18-19,21,23-24H2,2-7H3,(H,50,52)(H,55,58)(H,60,61)(H2,53,54,62)/t29?,32-,37+,39+,41-,48-/m1/s1. The van der Waals surface area contributed by atoms with Crippen LogP contribution in [0.25, 0.3) is 22.3 Å². The third-order valence-corrected chi connectivity index (χ3v) is 13.7. The molecule has 1 unspecified atom stereocenters. The van der Waals surface area contributed by atoms with Gasteiger partial charge in [0.15, 0.2) is 10.9 Å². The van der Waals surface area contributed by atoms with Crippen molar-refractivity contribution in [3.05, 3.63) is 77.9 Å². The van der Waals surface area contributed by atoms with E-state index in [0.29, 0.717) is 46.6 Å². The summed E-state index contributed by atoms with van der Waals surface area (Å²) in [5.74, 6) is -3.22.